The maximum atomic E-state index is 13.5. The van der Waals surface area contributed by atoms with Crippen molar-refractivity contribution in [3.63, 3.8) is 0 Å². The van der Waals surface area contributed by atoms with Gasteiger partial charge in [0.05, 0.1) is 17.1 Å². The fourth-order valence-corrected chi connectivity index (χ4v) is 2.24. The Morgan fingerprint density at radius 2 is 2.06 bits per heavy atom. The molecule has 4 nitrogen and oxygen atoms in total. The van der Waals surface area contributed by atoms with E-state index in [1.54, 1.807) is 24.3 Å². The van der Waals surface area contributed by atoms with Crippen molar-refractivity contribution in [1.29, 1.82) is 0 Å². The van der Waals surface area contributed by atoms with Gasteiger partial charge in [0.1, 0.15) is 5.82 Å². The lowest BCUT2D eigenvalue weighted by molar-refractivity contribution is 0.600. The summed E-state index contributed by atoms with van der Waals surface area (Å²) < 4.78 is 35.6. The Bertz CT molecular complexity index is 634. The molecule has 0 aliphatic rings. The van der Waals surface area contributed by atoms with E-state index in [2.05, 4.69) is 10.2 Å². The van der Waals surface area contributed by atoms with E-state index < -0.39 is 9.84 Å². The smallest absolute Gasteiger partial charge is 0.153 e. The van der Waals surface area contributed by atoms with Gasteiger partial charge in [0.15, 0.2) is 9.84 Å². The minimum Gasteiger partial charge on any atom is -0.281 e. The van der Waals surface area contributed by atoms with Crippen molar-refractivity contribution in [2.45, 2.75) is 5.75 Å². The number of halogens is 1. The van der Waals surface area contributed by atoms with Crippen molar-refractivity contribution in [3.05, 3.63) is 41.8 Å². The molecule has 0 fully saturated rings. The third-order valence-corrected chi connectivity index (χ3v) is 3.03. The Hall–Kier alpha value is -1.69. The van der Waals surface area contributed by atoms with Crippen molar-refractivity contribution in [2.75, 3.05) is 6.26 Å². The zero-order chi connectivity index (χ0) is 12.5. The predicted molar refractivity (Wildman–Crippen MR) is 62.5 cm³/mol. The van der Waals surface area contributed by atoms with Gasteiger partial charge in [-0.25, -0.2) is 12.8 Å². The summed E-state index contributed by atoms with van der Waals surface area (Å²) in [6.45, 7) is 0. The summed E-state index contributed by atoms with van der Waals surface area (Å²) in [7, 11) is -3.12. The van der Waals surface area contributed by atoms with Crippen molar-refractivity contribution in [3.8, 4) is 11.3 Å². The first-order valence-corrected chi connectivity index (χ1v) is 6.99. The van der Waals surface area contributed by atoms with Gasteiger partial charge in [0.25, 0.3) is 0 Å². The molecule has 2 rings (SSSR count). The van der Waals surface area contributed by atoms with Gasteiger partial charge in [0, 0.05) is 11.8 Å². The van der Waals surface area contributed by atoms with Gasteiger partial charge < -0.3 is 0 Å². The number of aromatic amines is 1. The Morgan fingerprint density at radius 3 is 2.71 bits per heavy atom. The lowest BCUT2D eigenvalue weighted by Crippen LogP contribution is -2.00. The molecule has 0 aliphatic carbocycles. The highest BCUT2D eigenvalue weighted by Gasteiger charge is 2.11. The SMILES string of the molecule is CS(=O)(=O)Cc1cc(-c2ccccc2F)n[nH]1. The lowest BCUT2D eigenvalue weighted by Gasteiger charge is -1.96. The monoisotopic (exact) mass is 254 g/mol. The average molecular weight is 254 g/mol. The standard InChI is InChI=1S/C11H11FN2O2S/c1-17(15,16)7-8-6-11(14-13-8)9-4-2-3-5-10(9)12/h2-6H,7H2,1H3,(H,13,14). The van der Waals surface area contributed by atoms with Crippen LogP contribution in [0.2, 0.25) is 0 Å². The topological polar surface area (TPSA) is 62.8 Å². The minimum absolute atomic E-state index is 0.131. The summed E-state index contributed by atoms with van der Waals surface area (Å²) in [5.41, 5.74) is 1.20. The van der Waals surface area contributed by atoms with Gasteiger partial charge in [-0.3, -0.25) is 5.10 Å². The van der Waals surface area contributed by atoms with Gasteiger partial charge in [-0.1, -0.05) is 12.1 Å². The van der Waals surface area contributed by atoms with Crippen LogP contribution in [-0.4, -0.2) is 24.9 Å². The zero-order valence-corrected chi connectivity index (χ0v) is 9.96. The van der Waals surface area contributed by atoms with Crippen LogP contribution in [0.5, 0.6) is 0 Å². The minimum atomic E-state index is -3.12. The maximum absolute atomic E-state index is 13.5. The fraction of sp³-hybridized carbons (Fsp3) is 0.182. The molecule has 0 atom stereocenters. The fourth-order valence-electron chi connectivity index (χ4n) is 1.52. The summed E-state index contributed by atoms with van der Waals surface area (Å²) in [6, 6.07) is 7.75. The maximum Gasteiger partial charge on any atom is 0.153 e. The van der Waals surface area contributed by atoms with Gasteiger partial charge in [-0.2, -0.15) is 5.10 Å². The first-order valence-electron chi connectivity index (χ1n) is 4.92. The van der Waals surface area contributed by atoms with E-state index in [0.717, 1.165) is 6.26 Å². The molecule has 0 bridgehead atoms. The molecule has 1 aromatic carbocycles. The first-order chi connectivity index (χ1) is 7.96. The van der Waals surface area contributed by atoms with Crippen molar-refractivity contribution >= 4 is 9.84 Å². The van der Waals surface area contributed by atoms with E-state index in [9.17, 15) is 12.8 Å². The van der Waals surface area contributed by atoms with Crippen LogP contribution in [0.25, 0.3) is 11.3 Å². The van der Waals surface area contributed by atoms with Crippen LogP contribution in [0.15, 0.2) is 30.3 Å². The number of sulfone groups is 1. The second-order valence-corrected chi connectivity index (χ2v) is 5.97. The predicted octanol–water partition coefficient (Wildman–Crippen LogP) is 1.76. The van der Waals surface area contributed by atoms with Crippen LogP contribution in [0.3, 0.4) is 0 Å². The Morgan fingerprint density at radius 1 is 1.35 bits per heavy atom. The zero-order valence-electron chi connectivity index (χ0n) is 9.14. The van der Waals surface area contributed by atoms with Gasteiger partial charge >= 0.3 is 0 Å². The van der Waals surface area contributed by atoms with E-state index in [0.29, 0.717) is 17.0 Å². The molecule has 0 amide bonds. The third kappa shape index (κ3) is 2.91. The average Bonchev–Trinajstić information content (AvgIpc) is 2.64. The number of nitrogens with one attached hydrogen (secondary N) is 1. The Balaban J connectivity index is 2.34. The number of hydrogen-bond donors (Lipinski definition) is 1. The molecule has 1 aromatic heterocycles. The van der Waals surface area contributed by atoms with E-state index in [1.165, 1.54) is 6.07 Å². The highest BCUT2D eigenvalue weighted by atomic mass is 32.2. The molecule has 1 N–H and O–H groups in total. The lowest BCUT2D eigenvalue weighted by atomic mass is 10.1. The normalized spacial score (nSPS) is 11.6. The van der Waals surface area contributed by atoms with E-state index in [-0.39, 0.29) is 11.6 Å². The van der Waals surface area contributed by atoms with E-state index in [4.69, 9.17) is 0 Å². The van der Waals surface area contributed by atoms with Crippen LogP contribution in [0.4, 0.5) is 4.39 Å². The highest BCUT2D eigenvalue weighted by Crippen LogP contribution is 2.21. The quantitative estimate of drug-likeness (QED) is 0.907. The molecule has 2 aromatic rings. The molecular weight excluding hydrogens is 243 g/mol. The second-order valence-electron chi connectivity index (χ2n) is 3.83. The summed E-state index contributed by atoms with van der Waals surface area (Å²) in [4.78, 5) is 0. The molecular formula is C11H11FN2O2S. The van der Waals surface area contributed by atoms with Crippen LogP contribution in [-0.2, 0) is 15.6 Å². The molecule has 90 valence electrons. The van der Waals surface area contributed by atoms with Gasteiger partial charge in [-0.05, 0) is 18.2 Å². The molecule has 0 saturated carbocycles. The van der Waals surface area contributed by atoms with Crippen LogP contribution in [0, 0.1) is 5.82 Å². The summed E-state index contributed by atoms with van der Waals surface area (Å²) in [5.74, 6) is -0.515. The van der Waals surface area contributed by atoms with Crippen LogP contribution in [0.1, 0.15) is 5.69 Å². The number of aromatic nitrogens is 2. The molecule has 0 saturated heterocycles. The molecule has 0 aliphatic heterocycles. The van der Waals surface area contributed by atoms with Crippen molar-refractivity contribution < 1.29 is 12.8 Å². The summed E-state index contributed by atoms with van der Waals surface area (Å²) in [5, 5.41) is 6.49. The largest absolute Gasteiger partial charge is 0.281 e. The van der Waals surface area contributed by atoms with Crippen LogP contribution >= 0.6 is 0 Å². The molecule has 0 spiro atoms. The van der Waals surface area contributed by atoms with Gasteiger partial charge in [0.2, 0.25) is 0 Å². The number of H-pyrrole nitrogens is 1. The number of hydrogen-bond acceptors (Lipinski definition) is 3. The highest BCUT2D eigenvalue weighted by molar-refractivity contribution is 7.89. The Kier molecular flexibility index (Phi) is 2.97. The Labute approximate surface area is 98.4 Å². The third-order valence-electron chi connectivity index (χ3n) is 2.20. The van der Waals surface area contributed by atoms with Crippen molar-refractivity contribution in [1.82, 2.24) is 10.2 Å². The van der Waals surface area contributed by atoms with E-state index >= 15 is 0 Å². The second kappa shape index (κ2) is 4.29. The molecule has 0 radical (unpaired) electrons. The number of benzene rings is 1. The van der Waals surface area contributed by atoms with E-state index in [1.807, 2.05) is 0 Å². The van der Waals surface area contributed by atoms with Crippen LogP contribution < -0.4 is 0 Å². The molecule has 17 heavy (non-hydrogen) atoms. The number of rotatable bonds is 3. The number of nitrogens with zero attached hydrogens (tertiary/aromatic N) is 1. The summed E-state index contributed by atoms with van der Waals surface area (Å²) >= 11 is 0. The van der Waals surface area contributed by atoms with Crippen molar-refractivity contribution in [2.24, 2.45) is 0 Å². The molecule has 6 heteroatoms. The summed E-state index contributed by atoms with van der Waals surface area (Å²) in [6.07, 6.45) is 1.14. The first kappa shape index (κ1) is 11.8. The van der Waals surface area contributed by atoms with Gasteiger partial charge in [-0.15, -0.1) is 0 Å². The molecule has 0 unspecified atom stereocenters. The molecule has 1 heterocycles.